The van der Waals surface area contributed by atoms with E-state index in [4.69, 9.17) is 0 Å². The molecule has 1 aliphatic heterocycles. The molecule has 0 amide bonds. The summed E-state index contributed by atoms with van der Waals surface area (Å²) in [7, 11) is 0. The van der Waals surface area contributed by atoms with Crippen molar-refractivity contribution in [1.29, 1.82) is 0 Å². The average Bonchev–Trinajstić information content (AvgIpc) is 3.36. The van der Waals surface area contributed by atoms with E-state index in [1.165, 1.54) is 31.5 Å². The maximum atomic E-state index is 4.17. The van der Waals surface area contributed by atoms with Crippen molar-refractivity contribution in [2.45, 2.75) is 18.9 Å². The molecule has 2 heterocycles. The lowest BCUT2D eigenvalue weighted by Crippen LogP contribution is -3.11. The van der Waals surface area contributed by atoms with E-state index < -0.39 is 0 Å². The second-order valence-corrected chi connectivity index (χ2v) is 6.46. The largest absolute Gasteiger partial charge is 0.346 e. The van der Waals surface area contributed by atoms with Gasteiger partial charge >= 0.3 is 0 Å². The van der Waals surface area contributed by atoms with Gasteiger partial charge in [0.25, 0.3) is 0 Å². The van der Waals surface area contributed by atoms with Crippen molar-refractivity contribution in [1.82, 2.24) is 20.2 Å². The van der Waals surface area contributed by atoms with Gasteiger partial charge < -0.3 is 10.2 Å². The third-order valence-electron chi connectivity index (χ3n) is 4.88. The molecule has 6 heteroatoms. The van der Waals surface area contributed by atoms with Crippen LogP contribution in [0, 0.1) is 0 Å². The van der Waals surface area contributed by atoms with Crippen LogP contribution in [0.15, 0.2) is 60.7 Å². The smallest absolute Gasteiger partial charge is 0.247 e. The number of benzene rings is 2. The standard InChI is InChI=1S/C19H22N6/c1-3-9-16(10-4-1)18(24-13-7-8-14-24)15-20-19-21-22-23-25(19)17-11-5-2-6-12-17/h1-6,9-12,18H,7-8,13-15H2,(H,20,21,23)/p+1/t18-/m1/s1. The molecule has 0 aliphatic carbocycles. The van der Waals surface area contributed by atoms with Crippen LogP contribution < -0.4 is 10.2 Å². The fourth-order valence-corrected chi connectivity index (χ4v) is 3.59. The third-order valence-corrected chi connectivity index (χ3v) is 4.88. The maximum Gasteiger partial charge on any atom is 0.247 e. The van der Waals surface area contributed by atoms with Crippen LogP contribution in [-0.4, -0.2) is 39.8 Å². The minimum Gasteiger partial charge on any atom is -0.346 e. The van der Waals surface area contributed by atoms with Crippen LogP contribution in [0.4, 0.5) is 5.95 Å². The first-order valence-electron chi connectivity index (χ1n) is 8.89. The number of para-hydroxylation sites is 1. The molecule has 0 bridgehead atoms. The first-order chi connectivity index (χ1) is 12.4. The molecule has 1 saturated heterocycles. The summed E-state index contributed by atoms with van der Waals surface area (Å²) in [5.41, 5.74) is 2.32. The summed E-state index contributed by atoms with van der Waals surface area (Å²) < 4.78 is 1.75. The van der Waals surface area contributed by atoms with E-state index in [1.807, 2.05) is 30.3 Å². The van der Waals surface area contributed by atoms with Crippen LogP contribution in [0.1, 0.15) is 24.4 Å². The molecule has 0 radical (unpaired) electrons. The zero-order valence-corrected chi connectivity index (χ0v) is 14.2. The first kappa shape index (κ1) is 15.8. The molecule has 1 aromatic heterocycles. The highest BCUT2D eigenvalue weighted by molar-refractivity contribution is 5.38. The summed E-state index contributed by atoms with van der Waals surface area (Å²) >= 11 is 0. The minimum atomic E-state index is 0.407. The van der Waals surface area contributed by atoms with Gasteiger partial charge in [-0.3, -0.25) is 0 Å². The lowest BCUT2D eigenvalue weighted by Gasteiger charge is -2.25. The number of anilines is 1. The minimum absolute atomic E-state index is 0.407. The van der Waals surface area contributed by atoms with E-state index in [0.29, 0.717) is 12.0 Å². The lowest BCUT2D eigenvalue weighted by atomic mass is 10.1. The van der Waals surface area contributed by atoms with Crippen molar-refractivity contribution < 1.29 is 4.90 Å². The lowest BCUT2D eigenvalue weighted by molar-refractivity contribution is -0.917. The molecule has 1 fully saturated rings. The van der Waals surface area contributed by atoms with Gasteiger partial charge in [-0.15, -0.1) is 0 Å². The van der Waals surface area contributed by atoms with Gasteiger partial charge in [0.15, 0.2) is 0 Å². The number of likely N-dealkylation sites (tertiary alicyclic amines) is 1. The van der Waals surface area contributed by atoms with Gasteiger partial charge in [-0.25, -0.2) is 0 Å². The van der Waals surface area contributed by atoms with Gasteiger partial charge in [0.1, 0.15) is 6.04 Å². The zero-order chi connectivity index (χ0) is 16.9. The molecule has 25 heavy (non-hydrogen) atoms. The average molecular weight is 335 g/mol. The Bertz CT molecular complexity index is 780. The topological polar surface area (TPSA) is 60.1 Å². The number of tetrazole rings is 1. The Kier molecular flexibility index (Phi) is 4.70. The summed E-state index contributed by atoms with van der Waals surface area (Å²) in [6, 6.07) is 21.1. The molecule has 1 aliphatic rings. The Balaban J connectivity index is 1.53. The van der Waals surface area contributed by atoms with Crippen molar-refractivity contribution in [3.8, 4) is 5.69 Å². The van der Waals surface area contributed by atoms with Crippen LogP contribution >= 0.6 is 0 Å². The van der Waals surface area contributed by atoms with Crippen LogP contribution in [-0.2, 0) is 0 Å². The highest BCUT2D eigenvalue weighted by Crippen LogP contribution is 2.14. The molecule has 6 nitrogen and oxygen atoms in total. The zero-order valence-electron chi connectivity index (χ0n) is 14.2. The number of aromatic nitrogens is 4. The summed E-state index contributed by atoms with van der Waals surface area (Å²) in [6.07, 6.45) is 2.61. The van der Waals surface area contributed by atoms with Crippen LogP contribution in [0.5, 0.6) is 0 Å². The van der Waals surface area contributed by atoms with E-state index in [1.54, 1.807) is 9.58 Å². The van der Waals surface area contributed by atoms with Crippen molar-refractivity contribution in [3.05, 3.63) is 66.2 Å². The Morgan fingerprint density at radius 3 is 2.36 bits per heavy atom. The van der Waals surface area contributed by atoms with Gasteiger partial charge in [-0.05, 0) is 22.6 Å². The number of quaternary nitrogens is 1. The number of nitrogens with zero attached hydrogens (tertiary/aromatic N) is 4. The molecule has 0 unspecified atom stereocenters. The third kappa shape index (κ3) is 3.53. The number of rotatable bonds is 6. The van der Waals surface area contributed by atoms with E-state index in [-0.39, 0.29) is 0 Å². The molecule has 0 saturated carbocycles. The SMILES string of the molecule is c1ccc([C@@H](CNc2nnnn2-c2ccccc2)[NH+]2CCCC2)cc1. The quantitative estimate of drug-likeness (QED) is 0.717. The summed E-state index contributed by atoms with van der Waals surface area (Å²) in [4.78, 5) is 1.64. The first-order valence-corrected chi connectivity index (χ1v) is 8.89. The summed E-state index contributed by atoms with van der Waals surface area (Å²) in [6.45, 7) is 3.27. The molecule has 128 valence electrons. The van der Waals surface area contributed by atoms with E-state index >= 15 is 0 Å². The van der Waals surface area contributed by atoms with Gasteiger partial charge in [-0.2, -0.15) is 4.68 Å². The fourth-order valence-electron chi connectivity index (χ4n) is 3.59. The number of hydrogen-bond acceptors (Lipinski definition) is 4. The summed E-state index contributed by atoms with van der Waals surface area (Å²) in [5.74, 6) is 0.686. The second-order valence-electron chi connectivity index (χ2n) is 6.46. The van der Waals surface area contributed by atoms with Crippen molar-refractivity contribution in [2.75, 3.05) is 25.0 Å². The predicted molar refractivity (Wildman–Crippen MR) is 96.8 cm³/mol. The maximum absolute atomic E-state index is 4.17. The normalized spacial score (nSPS) is 16.0. The van der Waals surface area contributed by atoms with Crippen LogP contribution in [0.25, 0.3) is 5.69 Å². The van der Waals surface area contributed by atoms with Crippen molar-refractivity contribution in [2.24, 2.45) is 0 Å². The molecular formula is C19H23N6+. The highest BCUT2D eigenvalue weighted by atomic mass is 15.6. The van der Waals surface area contributed by atoms with Gasteiger partial charge in [0.2, 0.25) is 5.95 Å². The molecule has 4 rings (SSSR count). The molecular weight excluding hydrogens is 312 g/mol. The Labute approximate surface area is 147 Å². The van der Waals surface area contributed by atoms with E-state index in [0.717, 1.165) is 12.2 Å². The monoisotopic (exact) mass is 335 g/mol. The Morgan fingerprint density at radius 1 is 0.960 bits per heavy atom. The predicted octanol–water partition coefficient (Wildman–Crippen LogP) is 1.49. The highest BCUT2D eigenvalue weighted by Gasteiger charge is 2.27. The molecule has 0 spiro atoms. The molecule has 1 atom stereocenters. The second kappa shape index (κ2) is 7.44. The molecule has 3 aromatic rings. The Hall–Kier alpha value is -2.73. The number of nitrogens with one attached hydrogen (secondary N) is 2. The van der Waals surface area contributed by atoms with Gasteiger partial charge in [0.05, 0.1) is 25.3 Å². The Morgan fingerprint density at radius 2 is 1.64 bits per heavy atom. The van der Waals surface area contributed by atoms with Crippen LogP contribution in [0.2, 0.25) is 0 Å². The van der Waals surface area contributed by atoms with Gasteiger partial charge in [-0.1, -0.05) is 53.6 Å². The molecule has 2 N–H and O–H groups in total. The van der Waals surface area contributed by atoms with E-state index in [2.05, 4.69) is 51.2 Å². The fraction of sp³-hybridized carbons (Fsp3) is 0.316. The summed E-state index contributed by atoms with van der Waals surface area (Å²) in [5, 5.41) is 15.6. The number of hydrogen-bond donors (Lipinski definition) is 2. The van der Waals surface area contributed by atoms with Crippen LogP contribution in [0.3, 0.4) is 0 Å². The van der Waals surface area contributed by atoms with Crippen molar-refractivity contribution in [3.63, 3.8) is 0 Å². The van der Waals surface area contributed by atoms with E-state index in [9.17, 15) is 0 Å². The molecule has 2 aromatic carbocycles. The van der Waals surface area contributed by atoms with Gasteiger partial charge in [0, 0.05) is 18.4 Å². The van der Waals surface area contributed by atoms with Crippen molar-refractivity contribution >= 4 is 5.95 Å².